The van der Waals surface area contributed by atoms with E-state index in [0.29, 0.717) is 17.2 Å². The van der Waals surface area contributed by atoms with E-state index in [0.717, 1.165) is 25.0 Å². The number of aliphatic hydroxyl groups excluding tert-OH is 2. The van der Waals surface area contributed by atoms with Crippen molar-refractivity contribution >= 4 is 52.4 Å². The molecule has 2 aliphatic rings. The number of ether oxygens (including phenoxy) is 1. The average molecular weight is 536 g/mol. The van der Waals surface area contributed by atoms with Crippen LogP contribution >= 0.6 is 29.4 Å². The summed E-state index contributed by atoms with van der Waals surface area (Å²) in [6.07, 6.45) is 0.893. The Bertz CT molecular complexity index is 1050. The number of carbonyl (C=O) groups excluding carboxylic acids is 1. The van der Waals surface area contributed by atoms with Crippen LogP contribution in [0.1, 0.15) is 38.3 Å². The van der Waals surface area contributed by atoms with Crippen molar-refractivity contribution in [2.24, 2.45) is 0 Å². The molecule has 0 amide bonds. The Labute approximate surface area is 202 Å². The zero-order valence-corrected chi connectivity index (χ0v) is 20.5. The third-order valence-corrected chi connectivity index (χ3v) is 9.42. The summed E-state index contributed by atoms with van der Waals surface area (Å²) in [5, 5.41) is 21.4. The Kier molecular flexibility index (Phi) is 8.36. The van der Waals surface area contributed by atoms with Crippen LogP contribution in [-0.2, 0) is 23.1 Å². The summed E-state index contributed by atoms with van der Waals surface area (Å²) in [6, 6.07) is 0. The van der Waals surface area contributed by atoms with Crippen molar-refractivity contribution in [3.05, 3.63) is 12.7 Å². The van der Waals surface area contributed by atoms with Crippen LogP contribution in [0.4, 0.5) is 5.82 Å². The van der Waals surface area contributed by atoms with Crippen molar-refractivity contribution in [2.45, 2.75) is 61.9 Å². The highest BCUT2D eigenvalue weighted by Gasteiger charge is 2.45. The van der Waals surface area contributed by atoms with E-state index >= 15 is 0 Å². The molecule has 2 aromatic heterocycles. The second-order valence-corrected chi connectivity index (χ2v) is 12.1. The normalized spacial score (nSPS) is 28.9. The fourth-order valence-corrected chi connectivity index (χ4v) is 7.49. The van der Waals surface area contributed by atoms with Gasteiger partial charge in [0.15, 0.2) is 17.7 Å². The van der Waals surface area contributed by atoms with Gasteiger partial charge < -0.3 is 25.2 Å². The highest BCUT2D eigenvalue weighted by Crippen LogP contribution is 2.45. The molecule has 16 heteroatoms. The number of carbonyl (C=O) groups is 1. The first-order chi connectivity index (χ1) is 16.2. The summed E-state index contributed by atoms with van der Waals surface area (Å²) in [7, 11) is -1.02. The predicted octanol–water partition coefficient (Wildman–Crippen LogP) is 1.40. The average Bonchev–Trinajstić information content (AvgIpc) is 3.51. The number of aromatic nitrogens is 4. The number of rotatable bonds is 10. The van der Waals surface area contributed by atoms with Crippen molar-refractivity contribution in [3.63, 3.8) is 0 Å². The van der Waals surface area contributed by atoms with E-state index in [1.165, 1.54) is 17.2 Å². The van der Waals surface area contributed by atoms with Gasteiger partial charge in [-0.3, -0.25) is 18.8 Å². The summed E-state index contributed by atoms with van der Waals surface area (Å²) >= 11 is 0. The summed E-state index contributed by atoms with van der Waals surface area (Å²) in [4.78, 5) is 33.8. The molecule has 34 heavy (non-hydrogen) atoms. The quantitative estimate of drug-likeness (QED) is 0.194. The second-order valence-electron chi connectivity index (χ2n) is 7.93. The maximum Gasteiger partial charge on any atom is 0.529 e. The molecular formula is C18H26N5O8PS2. The zero-order valence-electron chi connectivity index (χ0n) is 18.0. The maximum absolute atomic E-state index is 12.2. The van der Waals surface area contributed by atoms with Gasteiger partial charge in [-0.05, 0) is 19.3 Å². The van der Waals surface area contributed by atoms with E-state index in [1.807, 2.05) is 21.6 Å². The van der Waals surface area contributed by atoms with Gasteiger partial charge in [-0.15, -0.1) is 0 Å². The van der Waals surface area contributed by atoms with Gasteiger partial charge in [0.2, 0.25) is 0 Å². The minimum absolute atomic E-state index is 0.000469. The highest BCUT2D eigenvalue weighted by atomic mass is 33.1. The highest BCUT2D eigenvalue weighted by molar-refractivity contribution is 8.77. The van der Waals surface area contributed by atoms with Gasteiger partial charge in [-0.25, -0.2) is 19.5 Å². The number of nitrogen functional groups attached to an aromatic ring is 1. The maximum atomic E-state index is 12.2. The number of hydrogen-bond acceptors (Lipinski definition) is 13. The van der Waals surface area contributed by atoms with E-state index in [-0.39, 0.29) is 17.9 Å². The minimum atomic E-state index is -4.73. The van der Waals surface area contributed by atoms with Gasteiger partial charge in [-0.1, -0.05) is 28.0 Å². The van der Waals surface area contributed by atoms with Crippen LogP contribution < -0.4 is 5.73 Å². The Balaban J connectivity index is 1.26. The molecule has 6 unspecified atom stereocenters. The smallest absolute Gasteiger partial charge is 0.387 e. The van der Waals surface area contributed by atoms with E-state index in [1.54, 1.807) is 0 Å². The Hall–Kier alpha value is -1.45. The SMILES string of the molecule is Nc1ncnc2c1ncn2C1OC(COP(=O)(O)OC(=O)CCCCC2CCSS2)C(O)C1O. The van der Waals surface area contributed by atoms with E-state index in [4.69, 9.17) is 15.0 Å². The fraction of sp³-hybridized carbons (Fsp3) is 0.667. The largest absolute Gasteiger partial charge is 0.529 e. The molecule has 2 aliphatic heterocycles. The van der Waals surface area contributed by atoms with Crippen molar-refractivity contribution in [1.29, 1.82) is 0 Å². The number of nitrogens with zero attached hydrogens (tertiary/aromatic N) is 4. The first kappa shape index (κ1) is 25.6. The van der Waals surface area contributed by atoms with Crippen LogP contribution in [0.5, 0.6) is 0 Å². The molecule has 4 heterocycles. The molecule has 0 aliphatic carbocycles. The summed E-state index contributed by atoms with van der Waals surface area (Å²) in [6.45, 7) is -0.601. The Morgan fingerprint density at radius 3 is 2.88 bits per heavy atom. The Morgan fingerprint density at radius 1 is 1.29 bits per heavy atom. The molecule has 0 bridgehead atoms. The van der Waals surface area contributed by atoms with Crippen LogP contribution in [0.2, 0.25) is 0 Å². The van der Waals surface area contributed by atoms with Gasteiger partial charge in [0, 0.05) is 17.4 Å². The van der Waals surface area contributed by atoms with Crippen molar-refractivity contribution in [3.8, 4) is 0 Å². The third-order valence-electron chi connectivity index (χ3n) is 5.50. The number of nitrogens with two attached hydrogens (primary N) is 1. The molecule has 5 N–H and O–H groups in total. The molecular weight excluding hydrogens is 509 g/mol. The lowest BCUT2D eigenvalue weighted by Crippen LogP contribution is -2.33. The summed E-state index contributed by atoms with van der Waals surface area (Å²) in [5.41, 5.74) is 6.32. The number of phosphoric acid groups is 1. The molecule has 2 fully saturated rings. The lowest BCUT2D eigenvalue weighted by atomic mass is 10.1. The van der Waals surface area contributed by atoms with Crippen molar-refractivity contribution in [1.82, 2.24) is 19.5 Å². The number of unbranched alkanes of at least 4 members (excludes halogenated alkanes) is 1. The summed E-state index contributed by atoms with van der Waals surface area (Å²) < 4.78 is 28.6. The monoisotopic (exact) mass is 535 g/mol. The van der Waals surface area contributed by atoms with E-state index in [2.05, 4.69) is 19.5 Å². The molecule has 0 aromatic carbocycles. The van der Waals surface area contributed by atoms with Gasteiger partial charge in [0.1, 0.15) is 30.2 Å². The van der Waals surface area contributed by atoms with Crippen LogP contribution in [0.15, 0.2) is 12.7 Å². The van der Waals surface area contributed by atoms with Crippen LogP contribution in [0.3, 0.4) is 0 Å². The first-order valence-electron chi connectivity index (χ1n) is 10.7. The second kappa shape index (κ2) is 11.1. The van der Waals surface area contributed by atoms with E-state index < -0.39 is 44.9 Å². The molecule has 0 spiro atoms. The van der Waals surface area contributed by atoms with Gasteiger partial charge in [0.05, 0.1) is 12.9 Å². The van der Waals surface area contributed by atoms with Crippen molar-refractivity contribution < 1.29 is 38.3 Å². The fourth-order valence-electron chi connectivity index (χ4n) is 3.73. The van der Waals surface area contributed by atoms with Gasteiger partial charge in [0.25, 0.3) is 0 Å². The Morgan fingerprint density at radius 2 is 2.12 bits per heavy atom. The minimum Gasteiger partial charge on any atom is -0.387 e. The number of phosphoric ester groups is 1. The van der Waals surface area contributed by atoms with Crippen molar-refractivity contribution in [2.75, 3.05) is 18.1 Å². The number of aliphatic hydroxyl groups is 2. The standard InChI is InChI=1S/C18H26N5O8PS2/c19-16-13-17(21-8-20-16)23(9-22-13)18-15(26)14(25)11(30-18)7-29-32(27,28)31-12(24)4-2-1-3-10-5-6-33-34-10/h8-11,14-15,18,25-26H,1-7H2,(H,27,28)(H2,19,20,21). The predicted molar refractivity (Wildman–Crippen MR) is 124 cm³/mol. The van der Waals surface area contributed by atoms with Gasteiger partial charge >= 0.3 is 13.8 Å². The van der Waals surface area contributed by atoms with Crippen LogP contribution in [0, 0.1) is 0 Å². The first-order valence-corrected chi connectivity index (χ1v) is 14.6. The molecule has 13 nitrogen and oxygen atoms in total. The third kappa shape index (κ3) is 6.02. The van der Waals surface area contributed by atoms with E-state index in [9.17, 15) is 24.5 Å². The lowest BCUT2D eigenvalue weighted by Gasteiger charge is -2.17. The van der Waals surface area contributed by atoms with Crippen LogP contribution in [-0.4, -0.2) is 76.5 Å². The lowest BCUT2D eigenvalue weighted by molar-refractivity contribution is -0.136. The van der Waals surface area contributed by atoms with Gasteiger partial charge in [-0.2, -0.15) is 0 Å². The molecule has 2 saturated heterocycles. The molecule has 6 atom stereocenters. The number of imidazole rings is 1. The topological polar surface area (TPSA) is 192 Å². The molecule has 0 saturated carbocycles. The van der Waals surface area contributed by atoms with Crippen LogP contribution in [0.25, 0.3) is 11.2 Å². The molecule has 188 valence electrons. The zero-order chi connectivity index (χ0) is 24.3. The number of anilines is 1. The number of hydrogen-bond donors (Lipinski definition) is 4. The molecule has 4 rings (SSSR count). The molecule has 2 aromatic rings. The molecule has 0 radical (unpaired) electrons. The summed E-state index contributed by atoms with van der Waals surface area (Å²) in [5.74, 6) is 0.435. The number of fused-ring (bicyclic) bond motifs is 1.